The zero-order chi connectivity index (χ0) is 20.0. The number of amides is 1. The number of ether oxygens (including phenoxy) is 3. The van der Waals surface area contributed by atoms with Gasteiger partial charge in [0.15, 0.2) is 11.5 Å². The van der Waals surface area contributed by atoms with E-state index in [1.165, 1.54) is 18.2 Å². The lowest BCUT2D eigenvalue weighted by Crippen LogP contribution is -2.56. The number of aromatic nitrogens is 1. The summed E-state index contributed by atoms with van der Waals surface area (Å²) in [5, 5.41) is 2.61. The summed E-state index contributed by atoms with van der Waals surface area (Å²) in [6, 6.07) is 13.2. The lowest BCUT2D eigenvalue weighted by atomic mass is 10.0. The van der Waals surface area contributed by atoms with E-state index in [-0.39, 0.29) is 5.56 Å². The molecule has 5 rings (SSSR count). The molecular weight excluding hydrogens is 375 g/mol. The topological polar surface area (TPSA) is 69.7 Å². The third kappa shape index (κ3) is 3.09. The average molecular weight is 392 g/mol. The fourth-order valence-electron chi connectivity index (χ4n) is 3.40. The van der Waals surface area contributed by atoms with Gasteiger partial charge in [-0.15, -0.1) is 0 Å². The van der Waals surface area contributed by atoms with Crippen molar-refractivity contribution < 1.29 is 23.4 Å². The zero-order valence-electron chi connectivity index (χ0n) is 15.6. The van der Waals surface area contributed by atoms with Gasteiger partial charge >= 0.3 is 0 Å². The Morgan fingerprint density at radius 2 is 1.86 bits per heavy atom. The monoisotopic (exact) mass is 392 g/mol. The Morgan fingerprint density at radius 3 is 2.52 bits per heavy atom. The molecule has 1 N–H and O–H groups in total. The second kappa shape index (κ2) is 6.56. The Hall–Kier alpha value is -3.45. The molecule has 6 nitrogen and oxygen atoms in total. The van der Waals surface area contributed by atoms with Crippen LogP contribution < -0.4 is 14.8 Å². The average Bonchev–Trinajstić information content (AvgIpc) is 3.07. The van der Waals surface area contributed by atoms with Crippen LogP contribution in [-0.2, 0) is 4.74 Å². The van der Waals surface area contributed by atoms with E-state index in [0.717, 1.165) is 16.7 Å². The van der Waals surface area contributed by atoms with Gasteiger partial charge in [0.05, 0.1) is 5.56 Å². The van der Waals surface area contributed by atoms with Crippen molar-refractivity contribution in [2.24, 2.45) is 0 Å². The molecule has 0 radical (unpaired) electrons. The highest BCUT2D eigenvalue weighted by atomic mass is 19.1. The van der Waals surface area contributed by atoms with E-state index in [0.29, 0.717) is 30.5 Å². The number of pyridine rings is 1. The molecule has 1 spiro atoms. The van der Waals surface area contributed by atoms with Crippen molar-refractivity contribution in [1.29, 1.82) is 0 Å². The molecule has 0 aliphatic carbocycles. The molecule has 1 aromatic heterocycles. The summed E-state index contributed by atoms with van der Waals surface area (Å²) in [6.45, 7) is 2.80. The number of hydrogen-bond acceptors (Lipinski definition) is 5. The number of fused-ring (bicyclic) bond motifs is 1. The third-order valence-corrected chi connectivity index (χ3v) is 4.96. The number of halogens is 1. The SMILES string of the molecule is Cc1cc2c(cc1-c1ccc(NC(=O)c3ccccc3F)nc1)OC1(COC1)O2. The largest absolute Gasteiger partial charge is 0.444 e. The van der Waals surface area contributed by atoms with Crippen molar-refractivity contribution in [1.82, 2.24) is 4.98 Å². The third-order valence-electron chi connectivity index (χ3n) is 4.96. The minimum Gasteiger partial charge on any atom is -0.444 e. The predicted octanol–water partition coefficient (Wildman–Crippen LogP) is 3.95. The molecule has 7 heteroatoms. The Labute approximate surface area is 166 Å². The Bertz CT molecular complexity index is 1110. The molecule has 1 saturated heterocycles. The summed E-state index contributed by atoms with van der Waals surface area (Å²) in [4.78, 5) is 16.5. The molecule has 0 unspecified atom stereocenters. The van der Waals surface area contributed by atoms with Gasteiger partial charge in [-0.05, 0) is 54.4 Å². The summed E-state index contributed by atoms with van der Waals surface area (Å²) in [6.07, 6.45) is 1.66. The van der Waals surface area contributed by atoms with Crippen molar-refractivity contribution in [2.45, 2.75) is 12.7 Å². The Balaban J connectivity index is 1.37. The number of nitrogens with zero attached hydrogens (tertiary/aromatic N) is 1. The first-order valence-corrected chi connectivity index (χ1v) is 9.16. The van der Waals surface area contributed by atoms with Gasteiger partial charge in [0.1, 0.15) is 24.8 Å². The minimum atomic E-state index is -0.688. The van der Waals surface area contributed by atoms with Crippen molar-refractivity contribution >= 4 is 11.7 Å². The van der Waals surface area contributed by atoms with Gasteiger partial charge in [0.25, 0.3) is 11.7 Å². The molecular formula is C22H17FN2O4. The number of benzene rings is 2. The highest BCUT2D eigenvalue weighted by Crippen LogP contribution is 2.45. The van der Waals surface area contributed by atoms with Crippen molar-refractivity contribution in [3.05, 3.63) is 71.7 Å². The molecule has 146 valence electrons. The summed E-state index contributed by atoms with van der Waals surface area (Å²) in [5.41, 5.74) is 2.79. The van der Waals surface area contributed by atoms with E-state index in [2.05, 4.69) is 10.3 Å². The molecule has 2 aromatic carbocycles. The molecule has 0 atom stereocenters. The van der Waals surface area contributed by atoms with E-state index in [4.69, 9.17) is 14.2 Å². The molecule has 29 heavy (non-hydrogen) atoms. The number of carbonyl (C=O) groups excluding carboxylic acids is 1. The van der Waals surface area contributed by atoms with Crippen LogP contribution in [0.4, 0.5) is 10.2 Å². The molecule has 3 aromatic rings. The molecule has 0 bridgehead atoms. The van der Waals surface area contributed by atoms with Crippen molar-refractivity contribution in [3.8, 4) is 22.6 Å². The van der Waals surface area contributed by atoms with Gasteiger partial charge in [-0.3, -0.25) is 4.79 Å². The minimum absolute atomic E-state index is 0.0288. The maximum absolute atomic E-state index is 13.8. The van der Waals surface area contributed by atoms with Gasteiger partial charge in [-0.25, -0.2) is 9.37 Å². The normalized spacial score (nSPS) is 15.8. The van der Waals surface area contributed by atoms with Crippen molar-refractivity contribution in [2.75, 3.05) is 18.5 Å². The molecule has 3 heterocycles. The summed E-state index contributed by atoms with van der Waals surface area (Å²) in [5.74, 6) is -0.0945. The summed E-state index contributed by atoms with van der Waals surface area (Å²) >= 11 is 0. The quantitative estimate of drug-likeness (QED) is 0.731. The molecule has 2 aliphatic rings. The first-order chi connectivity index (χ1) is 14.0. The van der Waals surface area contributed by atoms with Crippen LogP contribution in [0.1, 0.15) is 15.9 Å². The maximum Gasteiger partial charge on any atom is 0.298 e. The molecule has 1 amide bonds. The van der Waals surface area contributed by atoms with Gasteiger partial charge in [0.2, 0.25) is 0 Å². The number of anilines is 1. The fraction of sp³-hybridized carbons (Fsp3) is 0.182. The second-order valence-electron chi connectivity index (χ2n) is 7.09. The first kappa shape index (κ1) is 17.6. The summed E-state index contributed by atoms with van der Waals surface area (Å²) < 4.78 is 30.8. The molecule has 0 saturated carbocycles. The van der Waals surface area contributed by atoms with Crippen LogP contribution in [-0.4, -0.2) is 29.9 Å². The van der Waals surface area contributed by atoms with Crippen LogP contribution in [0, 0.1) is 12.7 Å². The van der Waals surface area contributed by atoms with Gasteiger partial charge in [-0.1, -0.05) is 12.1 Å². The standard InChI is InChI=1S/C22H17FN2O4/c1-13-8-18-19(29-22(28-18)11-27-12-22)9-16(13)14-6-7-20(24-10-14)25-21(26)15-4-2-3-5-17(15)23/h2-10H,11-12H2,1H3,(H,24,25,26). The van der Waals surface area contributed by atoms with Gasteiger partial charge in [0, 0.05) is 11.8 Å². The zero-order valence-corrected chi connectivity index (χ0v) is 15.6. The Morgan fingerprint density at radius 1 is 1.10 bits per heavy atom. The second-order valence-corrected chi connectivity index (χ2v) is 7.09. The highest BCUT2D eigenvalue weighted by molar-refractivity contribution is 6.04. The van der Waals surface area contributed by atoms with E-state index in [1.54, 1.807) is 18.3 Å². The number of nitrogens with one attached hydrogen (secondary N) is 1. The van der Waals surface area contributed by atoms with Crippen LogP contribution in [0.2, 0.25) is 0 Å². The van der Waals surface area contributed by atoms with E-state index < -0.39 is 17.5 Å². The summed E-state index contributed by atoms with van der Waals surface area (Å²) in [7, 11) is 0. The number of aryl methyl sites for hydroxylation is 1. The number of rotatable bonds is 3. The lowest BCUT2D eigenvalue weighted by Gasteiger charge is -2.34. The maximum atomic E-state index is 13.8. The predicted molar refractivity (Wildman–Crippen MR) is 104 cm³/mol. The van der Waals surface area contributed by atoms with Crippen LogP contribution in [0.5, 0.6) is 11.5 Å². The van der Waals surface area contributed by atoms with Crippen LogP contribution in [0.3, 0.4) is 0 Å². The molecule has 2 aliphatic heterocycles. The van der Waals surface area contributed by atoms with Gasteiger partial charge in [-0.2, -0.15) is 0 Å². The first-order valence-electron chi connectivity index (χ1n) is 9.16. The Kier molecular flexibility index (Phi) is 3.99. The smallest absolute Gasteiger partial charge is 0.298 e. The van der Waals surface area contributed by atoms with E-state index in [1.807, 2.05) is 25.1 Å². The van der Waals surface area contributed by atoms with E-state index >= 15 is 0 Å². The highest BCUT2D eigenvalue weighted by Gasteiger charge is 2.49. The number of carbonyl (C=O) groups is 1. The van der Waals surface area contributed by atoms with Gasteiger partial charge < -0.3 is 19.5 Å². The lowest BCUT2D eigenvalue weighted by molar-refractivity contribution is -0.246. The molecule has 1 fully saturated rings. The van der Waals surface area contributed by atoms with E-state index in [9.17, 15) is 9.18 Å². The van der Waals surface area contributed by atoms with Crippen LogP contribution in [0.15, 0.2) is 54.7 Å². The van der Waals surface area contributed by atoms with Crippen LogP contribution >= 0.6 is 0 Å². The fourth-order valence-corrected chi connectivity index (χ4v) is 3.40. The van der Waals surface area contributed by atoms with Crippen molar-refractivity contribution in [3.63, 3.8) is 0 Å². The number of hydrogen-bond donors (Lipinski definition) is 1. The van der Waals surface area contributed by atoms with Crippen LogP contribution in [0.25, 0.3) is 11.1 Å².